The van der Waals surface area contributed by atoms with Crippen LogP contribution in [0.25, 0.3) is 50.2 Å². The number of imidazole rings is 1. The van der Waals surface area contributed by atoms with Gasteiger partial charge in [0.1, 0.15) is 5.65 Å². The van der Waals surface area contributed by atoms with Gasteiger partial charge in [0.25, 0.3) is 0 Å². The van der Waals surface area contributed by atoms with Crippen LogP contribution in [0.4, 0.5) is 0 Å². The first-order valence-corrected chi connectivity index (χ1v) is 8.69. The molecule has 6 nitrogen and oxygen atoms in total. The smallest absolute Gasteiger partial charge is 0.136 e. The van der Waals surface area contributed by atoms with Crippen molar-refractivity contribution >= 4 is 27.6 Å². The number of hydrogen-bond acceptors (Lipinski definition) is 3. The number of rotatable bonds is 2. The van der Waals surface area contributed by atoms with E-state index in [1.54, 1.807) is 12.4 Å². The summed E-state index contributed by atoms with van der Waals surface area (Å²) in [5.41, 5.74) is 7.97. The van der Waals surface area contributed by atoms with E-state index >= 15 is 0 Å². The summed E-state index contributed by atoms with van der Waals surface area (Å²) in [5.74, 6) is 0. The summed E-state index contributed by atoms with van der Waals surface area (Å²) in [7, 11) is 0. The molecule has 6 heteroatoms. The molecule has 0 fully saturated rings. The van der Waals surface area contributed by atoms with Gasteiger partial charge < -0.3 is 14.4 Å². The van der Waals surface area contributed by atoms with Gasteiger partial charge in [0, 0.05) is 53.1 Å². The van der Waals surface area contributed by atoms with Crippen molar-refractivity contribution in [3.8, 4) is 22.6 Å². The van der Waals surface area contributed by atoms with E-state index in [4.69, 9.17) is 4.98 Å². The van der Waals surface area contributed by atoms with Crippen LogP contribution in [0.5, 0.6) is 0 Å². The summed E-state index contributed by atoms with van der Waals surface area (Å²) in [5, 5.41) is 1.08. The lowest BCUT2D eigenvalue weighted by Gasteiger charge is -1.99. The lowest BCUT2D eigenvalue weighted by atomic mass is 10.2. The monoisotopic (exact) mass is 350 g/mol. The fourth-order valence-electron chi connectivity index (χ4n) is 3.50. The number of nitrogens with one attached hydrogen (secondary N) is 2. The minimum atomic E-state index is 0.911. The molecule has 0 spiro atoms. The first kappa shape index (κ1) is 14.3. The van der Waals surface area contributed by atoms with Crippen molar-refractivity contribution in [2.45, 2.75) is 0 Å². The molecule has 0 saturated carbocycles. The molecule has 6 heterocycles. The van der Waals surface area contributed by atoms with Crippen molar-refractivity contribution in [2.75, 3.05) is 0 Å². The average Bonchev–Trinajstić information content (AvgIpc) is 3.42. The number of fused-ring (bicyclic) bond motifs is 3. The van der Waals surface area contributed by atoms with Crippen LogP contribution in [-0.4, -0.2) is 29.3 Å². The fourth-order valence-corrected chi connectivity index (χ4v) is 3.50. The molecule has 0 atom stereocenters. The number of aromatic nitrogens is 6. The number of H-pyrrole nitrogens is 2. The van der Waals surface area contributed by atoms with E-state index in [1.807, 2.05) is 35.0 Å². The molecule has 6 aromatic heterocycles. The molecule has 0 aromatic carbocycles. The van der Waals surface area contributed by atoms with Gasteiger partial charge in [-0.3, -0.25) is 4.98 Å². The Kier molecular flexibility index (Phi) is 2.79. The van der Waals surface area contributed by atoms with E-state index in [1.165, 1.54) is 0 Å². The molecule has 0 radical (unpaired) electrons. The van der Waals surface area contributed by atoms with Gasteiger partial charge in [-0.05, 0) is 42.5 Å². The second-order valence-corrected chi connectivity index (χ2v) is 6.57. The first-order valence-electron chi connectivity index (χ1n) is 8.69. The van der Waals surface area contributed by atoms with Crippen molar-refractivity contribution in [3.05, 3.63) is 73.4 Å². The van der Waals surface area contributed by atoms with Crippen LogP contribution in [0.2, 0.25) is 0 Å². The van der Waals surface area contributed by atoms with Gasteiger partial charge in [0.2, 0.25) is 0 Å². The molecule has 6 rings (SSSR count). The molecule has 6 aromatic rings. The second-order valence-electron chi connectivity index (χ2n) is 6.57. The molecule has 128 valence electrons. The molecule has 0 aliphatic rings. The molecular formula is C21H14N6. The van der Waals surface area contributed by atoms with Crippen molar-refractivity contribution in [1.29, 1.82) is 0 Å². The summed E-state index contributed by atoms with van der Waals surface area (Å²) in [6.45, 7) is 0. The second kappa shape index (κ2) is 5.28. The highest BCUT2D eigenvalue weighted by molar-refractivity contribution is 5.87. The summed E-state index contributed by atoms with van der Waals surface area (Å²) < 4.78 is 2.01. The van der Waals surface area contributed by atoms with Crippen LogP contribution < -0.4 is 0 Å². The minimum absolute atomic E-state index is 0.911. The molecule has 0 bridgehead atoms. The van der Waals surface area contributed by atoms with Crippen molar-refractivity contribution in [1.82, 2.24) is 29.3 Å². The Hall–Kier alpha value is -3.93. The Morgan fingerprint density at radius 2 is 1.81 bits per heavy atom. The maximum atomic E-state index is 4.84. The van der Waals surface area contributed by atoms with E-state index in [2.05, 4.69) is 50.4 Å². The van der Waals surface area contributed by atoms with Crippen molar-refractivity contribution < 1.29 is 0 Å². The maximum absolute atomic E-state index is 4.84. The zero-order valence-corrected chi connectivity index (χ0v) is 14.2. The van der Waals surface area contributed by atoms with Crippen LogP contribution >= 0.6 is 0 Å². The third-order valence-electron chi connectivity index (χ3n) is 4.87. The van der Waals surface area contributed by atoms with Gasteiger partial charge in [0.05, 0.1) is 22.4 Å². The third kappa shape index (κ3) is 2.23. The zero-order valence-electron chi connectivity index (χ0n) is 14.2. The number of nitrogens with zero attached hydrogens (tertiary/aromatic N) is 4. The number of pyridine rings is 3. The van der Waals surface area contributed by atoms with Crippen LogP contribution in [0, 0.1) is 0 Å². The van der Waals surface area contributed by atoms with Gasteiger partial charge in [-0.25, -0.2) is 9.97 Å². The Bertz CT molecular complexity index is 1400. The van der Waals surface area contributed by atoms with Crippen LogP contribution in [-0.2, 0) is 0 Å². The first-order chi connectivity index (χ1) is 13.3. The van der Waals surface area contributed by atoms with E-state index in [0.717, 1.165) is 50.2 Å². The minimum Gasteiger partial charge on any atom is -0.353 e. The van der Waals surface area contributed by atoms with Gasteiger partial charge in [-0.1, -0.05) is 0 Å². The molecule has 2 N–H and O–H groups in total. The molecule has 0 aliphatic carbocycles. The van der Waals surface area contributed by atoms with Crippen LogP contribution in [0.3, 0.4) is 0 Å². The Labute approximate surface area is 153 Å². The van der Waals surface area contributed by atoms with Gasteiger partial charge in [-0.15, -0.1) is 0 Å². The fraction of sp³-hybridized carbons (Fsp3) is 0. The van der Waals surface area contributed by atoms with E-state index in [9.17, 15) is 0 Å². The molecule has 27 heavy (non-hydrogen) atoms. The standard InChI is InChI=1S/C21H14N6/c1-4-21-23-7-8-27(21)12-13(1)18-10-20-17(25-18)3-2-16(26-20)19-9-14-11-22-6-5-15(14)24-19/h1-12,24-25H. The normalized spacial score (nSPS) is 11.7. The summed E-state index contributed by atoms with van der Waals surface area (Å²) in [6.07, 6.45) is 9.46. The zero-order chi connectivity index (χ0) is 17.8. The predicted octanol–water partition coefficient (Wildman–Crippen LogP) is 4.42. The quantitative estimate of drug-likeness (QED) is 0.485. The van der Waals surface area contributed by atoms with E-state index in [0.29, 0.717) is 0 Å². The van der Waals surface area contributed by atoms with Crippen molar-refractivity contribution in [2.24, 2.45) is 0 Å². The van der Waals surface area contributed by atoms with E-state index in [-0.39, 0.29) is 0 Å². The van der Waals surface area contributed by atoms with Crippen LogP contribution in [0.15, 0.2) is 73.4 Å². The molecule has 0 aliphatic heterocycles. The molecule has 0 unspecified atom stereocenters. The van der Waals surface area contributed by atoms with Gasteiger partial charge in [-0.2, -0.15) is 0 Å². The number of aromatic amines is 2. The van der Waals surface area contributed by atoms with Crippen LogP contribution in [0.1, 0.15) is 0 Å². The van der Waals surface area contributed by atoms with Crippen molar-refractivity contribution in [3.63, 3.8) is 0 Å². The maximum Gasteiger partial charge on any atom is 0.136 e. The highest BCUT2D eigenvalue weighted by Crippen LogP contribution is 2.27. The SMILES string of the molecule is c1cc2[nH]c(-c3ccc4[nH]c(-c5ccc6nccn6c5)cc4n3)cc2cn1. The Morgan fingerprint density at radius 3 is 2.78 bits per heavy atom. The van der Waals surface area contributed by atoms with Gasteiger partial charge >= 0.3 is 0 Å². The lowest BCUT2D eigenvalue weighted by Crippen LogP contribution is -1.85. The molecular weight excluding hydrogens is 336 g/mol. The topological polar surface area (TPSA) is 74.7 Å². The largest absolute Gasteiger partial charge is 0.353 e. The third-order valence-corrected chi connectivity index (χ3v) is 4.87. The Morgan fingerprint density at radius 1 is 0.852 bits per heavy atom. The summed E-state index contributed by atoms with van der Waals surface area (Å²) in [6, 6.07) is 14.3. The Balaban J connectivity index is 1.46. The molecule has 0 amide bonds. The summed E-state index contributed by atoms with van der Waals surface area (Å²) >= 11 is 0. The highest BCUT2D eigenvalue weighted by atomic mass is 15.0. The number of hydrogen-bond donors (Lipinski definition) is 2. The average molecular weight is 350 g/mol. The van der Waals surface area contributed by atoms with Gasteiger partial charge in [0.15, 0.2) is 0 Å². The highest BCUT2D eigenvalue weighted by Gasteiger charge is 2.09. The van der Waals surface area contributed by atoms with E-state index < -0.39 is 0 Å². The lowest BCUT2D eigenvalue weighted by molar-refractivity contribution is 1.18. The predicted molar refractivity (Wildman–Crippen MR) is 105 cm³/mol. The summed E-state index contributed by atoms with van der Waals surface area (Å²) in [4.78, 5) is 20.2. The molecule has 0 saturated heterocycles.